The lowest BCUT2D eigenvalue weighted by atomic mass is 10.1. The molecule has 1 heterocycles. The van der Waals surface area contributed by atoms with E-state index in [-0.39, 0.29) is 5.57 Å². The summed E-state index contributed by atoms with van der Waals surface area (Å²) in [6.07, 6.45) is -3.15. The summed E-state index contributed by atoms with van der Waals surface area (Å²) in [5.74, 6) is -2.22. The molecule has 0 bridgehead atoms. The van der Waals surface area contributed by atoms with Crippen molar-refractivity contribution in [2.45, 2.75) is 20.0 Å². The predicted octanol–water partition coefficient (Wildman–Crippen LogP) is -0.981. The standard InChI is InChI=1S/C7H8O6/c1-3(2)4-5(8)12-7(10,11)13-6(4)9/h10-11H,1-2H3. The Morgan fingerprint density at radius 3 is 1.85 bits per heavy atom. The van der Waals surface area contributed by atoms with Crippen molar-refractivity contribution in [1.82, 2.24) is 0 Å². The van der Waals surface area contributed by atoms with Gasteiger partial charge in [0.05, 0.1) is 0 Å². The van der Waals surface area contributed by atoms with E-state index in [1.165, 1.54) is 13.8 Å². The zero-order valence-corrected chi connectivity index (χ0v) is 7.03. The Hall–Kier alpha value is -1.40. The summed E-state index contributed by atoms with van der Waals surface area (Å²) in [5.41, 5.74) is 0.0595. The highest BCUT2D eigenvalue weighted by Crippen LogP contribution is 2.20. The van der Waals surface area contributed by atoms with E-state index in [4.69, 9.17) is 10.2 Å². The van der Waals surface area contributed by atoms with Crippen molar-refractivity contribution in [3.8, 4) is 0 Å². The SMILES string of the molecule is CC(C)=C1C(=O)OC(O)(O)OC1=O. The maximum absolute atomic E-state index is 11.0. The monoisotopic (exact) mass is 188 g/mol. The van der Waals surface area contributed by atoms with Gasteiger partial charge >= 0.3 is 18.1 Å². The lowest BCUT2D eigenvalue weighted by Gasteiger charge is -2.25. The third-order valence-corrected chi connectivity index (χ3v) is 1.36. The predicted molar refractivity (Wildman–Crippen MR) is 37.7 cm³/mol. The average molecular weight is 188 g/mol. The van der Waals surface area contributed by atoms with Gasteiger partial charge in [0.15, 0.2) is 0 Å². The second-order valence-electron chi connectivity index (χ2n) is 2.70. The fourth-order valence-electron chi connectivity index (χ4n) is 0.856. The Balaban J connectivity index is 3.04. The van der Waals surface area contributed by atoms with E-state index in [1.54, 1.807) is 0 Å². The van der Waals surface area contributed by atoms with Crippen molar-refractivity contribution in [2.24, 2.45) is 0 Å². The van der Waals surface area contributed by atoms with Crippen LogP contribution in [0.15, 0.2) is 11.1 Å². The number of carbonyl (C=O) groups is 2. The third kappa shape index (κ3) is 1.85. The quantitative estimate of drug-likeness (QED) is 0.219. The number of aliphatic hydroxyl groups is 2. The van der Waals surface area contributed by atoms with Gasteiger partial charge in [0.2, 0.25) is 0 Å². The first-order valence-corrected chi connectivity index (χ1v) is 3.42. The zero-order chi connectivity index (χ0) is 10.2. The molecule has 2 N–H and O–H groups in total. The molecule has 6 nitrogen and oxygen atoms in total. The second-order valence-corrected chi connectivity index (χ2v) is 2.70. The van der Waals surface area contributed by atoms with E-state index in [0.717, 1.165) is 0 Å². The molecule has 1 rings (SSSR count). The smallest absolute Gasteiger partial charge is 0.370 e. The van der Waals surface area contributed by atoms with Gasteiger partial charge in [0.25, 0.3) is 0 Å². The molecule has 0 saturated carbocycles. The van der Waals surface area contributed by atoms with E-state index in [9.17, 15) is 9.59 Å². The molecule has 0 atom stereocenters. The van der Waals surface area contributed by atoms with Crippen molar-refractivity contribution >= 4 is 11.9 Å². The Bertz CT molecular complexity index is 274. The van der Waals surface area contributed by atoms with Gasteiger partial charge < -0.3 is 9.47 Å². The summed E-state index contributed by atoms with van der Waals surface area (Å²) < 4.78 is 7.98. The van der Waals surface area contributed by atoms with E-state index >= 15 is 0 Å². The Labute approximate surface area is 73.4 Å². The van der Waals surface area contributed by atoms with Gasteiger partial charge in [-0.2, -0.15) is 0 Å². The minimum atomic E-state index is -3.15. The number of esters is 2. The summed E-state index contributed by atoms with van der Waals surface area (Å²) in [4.78, 5) is 21.9. The highest BCUT2D eigenvalue weighted by molar-refractivity contribution is 6.15. The molecule has 0 unspecified atom stereocenters. The van der Waals surface area contributed by atoms with Gasteiger partial charge in [0.1, 0.15) is 5.57 Å². The topological polar surface area (TPSA) is 93.1 Å². The average Bonchev–Trinajstić information content (AvgIpc) is 1.78. The number of hydrogen-bond donors (Lipinski definition) is 2. The minimum Gasteiger partial charge on any atom is -0.370 e. The molecule has 0 aromatic rings. The summed E-state index contributed by atoms with van der Waals surface area (Å²) in [6, 6.07) is 0. The molecule has 6 heteroatoms. The molecule has 0 amide bonds. The van der Waals surface area contributed by atoms with E-state index in [2.05, 4.69) is 9.47 Å². The van der Waals surface area contributed by atoms with Crippen molar-refractivity contribution in [3.63, 3.8) is 0 Å². The van der Waals surface area contributed by atoms with Crippen LogP contribution in [0.25, 0.3) is 0 Å². The van der Waals surface area contributed by atoms with Gasteiger partial charge in [-0.3, -0.25) is 10.2 Å². The normalized spacial score (nSPS) is 20.8. The Kier molecular flexibility index (Phi) is 2.10. The summed E-state index contributed by atoms with van der Waals surface area (Å²) >= 11 is 0. The van der Waals surface area contributed by atoms with Gasteiger partial charge in [-0.05, 0) is 13.8 Å². The molecule has 1 fully saturated rings. The minimum absolute atomic E-state index is 0.321. The molecule has 0 aliphatic carbocycles. The largest absolute Gasteiger partial charge is 0.509 e. The number of carbonyl (C=O) groups excluding carboxylic acids is 2. The van der Waals surface area contributed by atoms with Crippen LogP contribution in [0.4, 0.5) is 0 Å². The summed E-state index contributed by atoms with van der Waals surface area (Å²) in [7, 11) is 0. The van der Waals surface area contributed by atoms with Crippen LogP contribution in [0.5, 0.6) is 0 Å². The number of ether oxygens (including phenoxy) is 2. The highest BCUT2D eigenvalue weighted by Gasteiger charge is 2.44. The lowest BCUT2D eigenvalue weighted by Crippen LogP contribution is -2.46. The van der Waals surface area contributed by atoms with Gasteiger partial charge in [-0.15, -0.1) is 0 Å². The molecule has 0 radical (unpaired) electrons. The number of cyclic esters (lactones) is 2. The fraction of sp³-hybridized carbons (Fsp3) is 0.429. The third-order valence-electron chi connectivity index (χ3n) is 1.36. The maximum Gasteiger partial charge on any atom is 0.509 e. The Morgan fingerprint density at radius 1 is 1.15 bits per heavy atom. The molecule has 1 saturated heterocycles. The van der Waals surface area contributed by atoms with Crippen molar-refractivity contribution in [1.29, 1.82) is 0 Å². The molecule has 0 aromatic heterocycles. The van der Waals surface area contributed by atoms with Crippen LogP contribution in [0.1, 0.15) is 13.8 Å². The van der Waals surface area contributed by atoms with Crippen molar-refractivity contribution < 1.29 is 29.3 Å². The first-order valence-electron chi connectivity index (χ1n) is 3.42. The highest BCUT2D eigenvalue weighted by atomic mass is 17.0. The first kappa shape index (κ1) is 9.69. The van der Waals surface area contributed by atoms with E-state index in [0.29, 0.717) is 5.57 Å². The van der Waals surface area contributed by atoms with Crippen LogP contribution in [0.3, 0.4) is 0 Å². The van der Waals surface area contributed by atoms with Gasteiger partial charge in [-0.25, -0.2) is 9.59 Å². The van der Waals surface area contributed by atoms with Gasteiger partial charge in [-0.1, -0.05) is 5.57 Å². The van der Waals surface area contributed by atoms with E-state index in [1.807, 2.05) is 0 Å². The zero-order valence-electron chi connectivity index (χ0n) is 7.03. The van der Waals surface area contributed by atoms with Crippen LogP contribution in [0, 0.1) is 0 Å². The van der Waals surface area contributed by atoms with Gasteiger partial charge in [0, 0.05) is 0 Å². The van der Waals surface area contributed by atoms with Crippen LogP contribution < -0.4 is 0 Å². The molecule has 0 spiro atoms. The number of rotatable bonds is 0. The van der Waals surface area contributed by atoms with Crippen LogP contribution in [0.2, 0.25) is 0 Å². The summed E-state index contributed by atoms with van der Waals surface area (Å²) in [6.45, 7) is 3.00. The number of hydrogen-bond acceptors (Lipinski definition) is 6. The van der Waals surface area contributed by atoms with Crippen molar-refractivity contribution in [2.75, 3.05) is 0 Å². The lowest BCUT2D eigenvalue weighted by molar-refractivity contribution is -0.437. The molecule has 0 aromatic carbocycles. The summed E-state index contributed by atoms with van der Waals surface area (Å²) in [5, 5.41) is 17.3. The Morgan fingerprint density at radius 2 is 1.54 bits per heavy atom. The maximum atomic E-state index is 11.0. The molecule has 72 valence electrons. The van der Waals surface area contributed by atoms with Crippen molar-refractivity contribution in [3.05, 3.63) is 11.1 Å². The van der Waals surface area contributed by atoms with E-state index < -0.39 is 18.1 Å². The molecule has 13 heavy (non-hydrogen) atoms. The van der Waals surface area contributed by atoms with Crippen LogP contribution >= 0.6 is 0 Å². The fourth-order valence-corrected chi connectivity index (χ4v) is 0.856. The molecular weight excluding hydrogens is 180 g/mol. The van der Waals surface area contributed by atoms with Crippen LogP contribution in [-0.4, -0.2) is 28.3 Å². The molecular formula is C7H8O6. The molecule has 1 aliphatic rings. The first-order chi connectivity index (χ1) is 5.83. The molecule has 1 aliphatic heterocycles. The van der Waals surface area contributed by atoms with Crippen LogP contribution in [-0.2, 0) is 19.1 Å². The second kappa shape index (κ2) is 2.82. The number of allylic oxidation sites excluding steroid dienone is 1.